The molecule has 21 heavy (non-hydrogen) atoms. The molecule has 112 valence electrons. The van der Waals surface area contributed by atoms with Crippen LogP contribution in [0.5, 0.6) is 0 Å². The van der Waals surface area contributed by atoms with E-state index in [1.54, 1.807) is 11.3 Å². The second-order valence-electron chi connectivity index (χ2n) is 4.85. The van der Waals surface area contributed by atoms with E-state index in [1.165, 1.54) is 6.92 Å². The molecule has 1 aromatic heterocycles. The van der Waals surface area contributed by atoms with Crippen LogP contribution in [-0.4, -0.2) is 20.0 Å². The molecule has 0 unspecified atom stereocenters. The number of amides is 1. The highest BCUT2D eigenvalue weighted by Crippen LogP contribution is 2.29. The Morgan fingerprint density at radius 3 is 2.71 bits per heavy atom. The molecule has 0 aliphatic heterocycles. The third-order valence-electron chi connectivity index (χ3n) is 2.94. The Morgan fingerprint density at radius 2 is 2.10 bits per heavy atom. The van der Waals surface area contributed by atoms with Gasteiger partial charge < -0.3 is 15.5 Å². The standard InChI is InChI=1S/C15H18ClN3OS/c1-10(20)18-13-6-7-21-15(13)9-17-11-4-5-14(19(2)3)12(16)8-11/h4-8,17H,9H2,1-3H3,(H,18,20). The van der Waals surface area contributed by atoms with Crippen LogP contribution in [-0.2, 0) is 11.3 Å². The molecular formula is C15H18ClN3OS. The van der Waals surface area contributed by atoms with Crippen LogP contribution in [0.2, 0.25) is 5.02 Å². The van der Waals surface area contributed by atoms with Gasteiger partial charge in [-0.3, -0.25) is 4.79 Å². The van der Waals surface area contributed by atoms with Crippen molar-refractivity contribution in [2.75, 3.05) is 29.6 Å². The Labute approximate surface area is 133 Å². The summed E-state index contributed by atoms with van der Waals surface area (Å²) in [7, 11) is 3.92. The SMILES string of the molecule is CC(=O)Nc1ccsc1CNc1ccc(N(C)C)c(Cl)c1. The average molecular weight is 324 g/mol. The minimum absolute atomic E-state index is 0.0620. The van der Waals surface area contributed by atoms with Gasteiger partial charge in [-0.2, -0.15) is 0 Å². The normalized spacial score (nSPS) is 10.3. The first-order valence-corrected chi connectivity index (χ1v) is 7.78. The van der Waals surface area contributed by atoms with Crippen molar-refractivity contribution in [1.29, 1.82) is 0 Å². The summed E-state index contributed by atoms with van der Waals surface area (Å²) in [5, 5.41) is 8.82. The van der Waals surface area contributed by atoms with Crippen LogP contribution in [0.1, 0.15) is 11.8 Å². The van der Waals surface area contributed by atoms with Crippen molar-refractivity contribution in [2.24, 2.45) is 0 Å². The fourth-order valence-electron chi connectivity index (χ4n) is 1.94. The summed E-state index contributed by atoms with van der Waals surface area (Å²) < 4.78 is 0. The molecule has 0 spiro atoms. The molecule has 2 aromatic rings. The van der Waals surface area contributed by atoms with Crippen LogP contribution in [0.3, 0.4) is 0 Å². The van der Waals surface area contributed by atoms with Crippen molar-refractivity contribution in [1.82, 2.24) is 0 Å². The van der Waals surface area contributed by atoms with E-state index in [2.05, 4.69) is 10.6 Å². The third kappa shape index (κ3) is 4.12. The van der Waals surface area contributed by atoms with Crippen molar-refractivity contribution in [2.45, 2.75) is 13.5 Å². The van der Waals surface area contributed by atoms with E-state index in [0.29, 0.717) is 11.6 Å². The van der Waals surface area contributed by atoms with Gasteiger partial charge in [0.2, 0.25) is 5.91 Å². The lowest BCUT2D eigenvalue weighted by molar-refractivity contribution is -0.114. The van der Waals surface area contributed by atoms with Crippen LogP contribution < -0.4 is 15.5 Å². The number of benzene rings is 1. The molecule has 0 saturated carbocycles. The molecule has 0 radical (unpaired) electrons. The fraction of sp³-hybridized carbons (Fsp3) is 0.267. The molecule has 1 amide bonds. The number of carbonyl (C=O) groups excluding carboxylic acids is 1. The second-order valence-corrected chi connectivity index (χ2v) is 6.26. The predicted octanol–water partition coefficient (Wildman–Crippen LogP) is 4.04. The molecule has 1 aromatic carbocycles. The number of anilines is 3. The van der Waals surface area contributed by atoms with Crippen molar-refractivity contribution in [3.8, 4) is 0 Å². The van der Waals surface area contributed by atoms with Crippen LogP contribution in [0.15, 0.2) is 29.6 Å². The maximum Gasteiger partial charge on any atom is 0.221 e. The summed E-state index contributed by atoms with van der Waals surface area (Å²) >= 11 is 7.85. The summed E-state index contributed by atoms with van der Waals surface area (Å²) in [4.78, 5) is 14.2. The van der Waals surface area contributed by atoms with Crippen LogP contribution in [0.4, 0.5) is 17.1 Å². The van der Waals surface area contributed by atoms with E-state index in [9.17, 15) is 4.79 Å². The van der Waals surface area contributed by atoms with Crippen LogP contribution >= 0.6 is 22.9 Å². The van der Waals surface area contributed by atoms with E-state index >= 15 is 0 Å². The largest absolute Gasteiger partial charge is 0.380 e. The Kier molecular flexibility index (Phi) is 5.09. The molecule has 0 bridgehead atoms. The van der Waals surface area contributed by atoms with Crippen LogP contribution in [0, 0.1) is 0 Å². The third-order valence-corrected chi connectivity index (χ3v) is 4.16. The summed E-state index contributed by atoms with van der Waals surface area (Å²) in [6.45, 7) is 2.15. The van der Waals surface area contributed by atoms with Gasteiger partial charge in [-0.15, -0.1) is 11.3 Å². The molecule has 0 fully saturated rings. The minimum Gasteiger partial charge on any atom is -0.380 e. The Hall–Kier alpha value is -1.72. The van der Waals surface area contributed by atoms with Gasteiger partial charge in [0.15, 0.2) is 0 Å². The summed E-state index contributed by atoms with van der Waals surface area (Å²) in [6.07, 6.45) is 0. The lowest BCUT2D eigenvalue weighted by Gasteiger charge is -2.15. The number of rotatable bonds is 5. The van der Waals surface area contributed by atoms with Crippen molar-refractivity contribution in [3.63, 3.8) is 0 Å². The topological polar surface area (TPSA) is 44.4 Å². The number of hydrogen-bond donors (Lipinski definition) is 2. The molecule has 6 heteroatoms. The lowest BCUT2D eigenvalue weighted by atomic mass is 10.2. The van der Waals surface area contributed by atoms with E-state index in [1.807, 2.05) is 48.6 Å². The van der Waals surface area contributed by atoms with E-state index in [-0.39, 0.29) is 5.91 Å². The molecule has 0 aliphatic carbocycles. The Balaban J connectivity index is 2.05. The fourth-order valence-corrected chi connectivity index (χ4v) is 3.06. The quantitative estimate of drug-likeness (QED) is 0.873. The van der Waals surface area contributed by atoms with Gasteiger partial charge in [0.05, 0.1) is 22.9 Å². The molecule has 4 nitrogen and oxygen atoms in total. The number of thiophene rings is 1. The Bertz CT molecular complexity index is 640. The predicted molar refractivity (Wildman–Crippen MR) is 91.7 cm³/mol. The summed E-state index contributed by atoms with van der Waals surface area (Å²) in [6, 6.07) is 7.79. The Morgan fingerprint density at radius 1 is 1.33 bits per heavy atom. The smallest absolute Gasteiger partial charge is 0.221 e. The van der Waals surface area contributed by atoms with Gasteiger partial charge >= 0.3 is 0 Å². The number of nitrogens with one attached hydrogen (secondary N) is 2. The zero-order valence-electron chi connectivity index (χ0n) is 12.2. The molecule has 0 atom stereocenters. The maximum atomic E-state index is 11.1. The van der Waals surface area contributed by atoms with Gasteiger partial charge in [-0.05, 0) is 29.6 Å². The van der Waals surface area contributed by atoms with Crippen molar-refractivity contribution < 1.29 is 4.79 Å². The first kappa shape index (κ1) is 15.7. The number of carbonyl (C=O) groups is 1. The zero-order chi connectivity index (χ0) is 15.4. The van der Waals surface area contributed by atoms with Crippen molar-refractivity contribution >= 4 is 45.9 Å². The first-order chi connectivity index (χ1) is 9.97. The summed E-state index contributed by atoms with van der Waals surface area (Å²) in [5.41, 5.74) is 2.79. The number of hydrogen-bond acceptors (Lipinski definition) is 4. The van der Waals surface area contributed by atoms with E-state index in [4.69, 9.17) is 11.6 Å². The number of halogens is 1. The highest BCUT2D eigenvalue weighted by molar-refractivity contribution is 7.10. The van der Waals surface area contributed by atoms with E-state index in [0.717, 1.165) is 21.9 Å². The minimum atomic E-state index is -0.0620. The van der Waals surface area contributed by atoms with Gasteiger partial charge in [-0.25, -0.2) is 0 Å². The maximum absolute atomic E-state index is 11.1. The first-order valence-electron chi connectivity index (χ1n) is 6.52. The van der Waals surface area contributed by atoms with Gasteiger partial charge in [-0.1, -0.05) is 11.6 Å². The molecule has 2 rings (SSSR count). The average Bonchev–Trinajstić information content (AvgIpc) is 2.82. The molecule has 1 heterocycles. The van der Waals surface area contributed by atoms with E-state index < -0.39 is 0 Å². The monoisotopic (exact) mass is 323 g/mol. The number of nitrogens with zero attached hydrogens (tertiary/aromatic N) is 1. The van der Waals surface area contributed by atoms with Gasteiger partial charge in [0.1, 0.15) is 0 Å². The molecule has 0 saturated heterocycles. The summed E-state index contributed by atoms with van der Waals surface area (Å²) in [5.74, 6) is -0.0620. The second kappa shape index (κ2) is 6.83. The molecule has 0 aliphatic rings. The van der Waals surface area contributed by atoms with Crippen LogP contribution in [0.25, 0.3) is 0 Å². The zero-order valence-corrected chi connectivity index (χ0v) is 13.8. The molecular weight excluding hydrogens is 306 g/mol. The molecule has 2 N–H and O–H groups in total. The van der Waals surface area contributed by atoms with Gasteiger partial charge in [0.25, 0.3) is 0 Å². The highest BCUT2D eigenvalue weighted by atomic mass is 35.5. The van der Waals surface area contributed by atoms with Crippen molar-refractivity contribution in [3.05, 3.63) is 39.5 Å². The highest BCUT2D eigenvalue weighted by Gasteiger charge is 2.07. The lowest BCUT2D eigenvalue weighted by Crippen LogP contribution is -2.10. The van der Waals surface area contributed by atoms with Gasteiger partial charge in [0, 0.05) is 31.6 Å².